The van der Waals surface area contributed by atoms with Gasteiger partial charge in [0.1, 0.15) is 0 Å². The molecule has 0 aliphatic carbocycles. The minimum atomic E-state index is 0.116. The molecule has 0 radical (unpaired) electrons. The average molecular weight is 257 g/mol. The lowest BCUT2D eigenvalue weighted by atomic mass is 10.00. The van der Waals surface area contributed by atoms with Gasteiger partial charge in [0.05, 0.1) is 6.10 Å². The van der Waals surface area contributed by atoms with Crippen LogP contribution in [0.2, 0.25) is 5.02 Å². The number of aryl methyl sites for hydroxylation is 1. The second-order valence-corrected chi connectivity index (χ2v) is 4.76. The lowest BCUT2D eigenvalue weighted by Crippen LogP contribution is -2.28. The first-order valence-corrected chi connectivity index (χ1v) is 6.21. The van der Waals surface area contributed by atoms with Gasteiger partial charge >= 0.3 is 0 Å². The van der Waals surface area contributed by atoms with E-state index in [1.165, 1.54) is 0 Å². The van der Waals surface area contributed by atoms with Crippen molar-refractivity contribution in [3.05, 3.63) is 34.3 Å². The first kappa shape index (κ1) is 14.5. The zero-order valence-corrected chi connectivity index (χ0v) is 11.4. The summed E-state index contributed by atoms with van der Waals surface area (Å²) < 4.78 is 5.23. The SMILES string of the molecule is COC(C)CCC(NN)c1ccc(C)c(Cl)c1. The van der Waals surface area contributed by atoms with Crippen molar-refractivity contribution in [2.24, 2.45) is 5.84 Å². The number of nitrogens with two attached hydrogens (primary N) is 1. The van der Waals surface area contributed by atoms with E-state index in [0.29, 0.717) is 0 Å². The van der Waals surface area contributed by atoms with E-state index in [2.05, 4.69) is 18.4 Å². The van der Waals surface area contributed by atoms with Crippen LogP contribution in [0.5, 0.6) is 0 Å². The highest BCUT2D eigenvalue weighted by molar-refractivity contribution is 6.31. The summed E-state index contributed by atoms with van der Waals surface area (Å²) in [6.45, 7) is 4.04. The lowest BCUT2D eigenvalue weighted by molar-refractivity contribution is 0.106. The summed E-state index contributed by atoms with van der Waals surface area (Å²) in [5.74, 6) is 5.59. The molecule has 2 atom stereocenters. The molecule has 0 spiro atoms. The highest BCUT2D eigenvalue weighted by atomic mass is 35.5. The Balaban J connectivity index is 2.69. The first-order valence-electron chi connectivity index (χ1n) is 5.83. The first-order chi connectivity index (χ1) is 8.08. The third kappa shape index (κ3) is 4.28. The molecule has 17 heavy (non-hydrogen) atoms. The fourth-order valence-corrected chi connectivity index (χ4v) is 1.88. The smallest absolute Gasteiger partial charge is 0.0543 e. The highest BCUT2D eigenvalue weighted by Crippen LogP contribution is 2.24. The number of ether oxygens (including phenoxy) is 1. The fraction of sp³-hybridized carbons (Fsp3) is 0.538. The van der Waals surface area contributed by atoms with Crippen LogP contribution in [0.1, 0.15) is 36.9 Å². The topological polar surface area (TPSA) is 47.3 Å². The van der Waals surface area contributed by atoms with Crippen molar-refractivity contribution in [3.63, 3.8) is 0 Å². The summed E-state index contributed by atoms with van der Waals surface area (Å²) in [6.07, 6.45) is 2.12. The minimum absolute atomic E-state index is 0.116. The molecule has 0 bridgehead atoms. The maximum absolute atomic E-state index is 6.11. The minimum Gasteiger partial charge on any atom is -0.382 e. The van der Waals surface area contributed by atoms with Gasteiger partial charge in [0.25, 0.3) is 0 Å². The molecule has 3 N–H and O–H groups in total. The van der Waals surface area contributed by atoms with Crippen LogP contribution in [0.4, 0.5) is 0 Å². The largest absolute Gasteiger partial charge is 0.382 e. The van der Waals surface area contributed by atoms with E-state index in [-0.39, 0.29) is 12.1 Å². The van der Waals surface area contributed by atoms with Gasteiger partial charge in [-0.05, 0) is 43.9 Å². The van der Waals surface area contributed by atoms with Crippen molar-refractivity contribution in [3.8, 4) is 0 Å². The van der Waals surface area contributed by atoms with Gasteiger partial charge in [-0.3, -0.25) is 11.3 Å². The van der Waals surface area contributed by atoms with Crippen molar-refractivity contribution in [2.45, 2.75) is 38.8 Å². The number of benzene rings is 1. The highest BCUT2D eigenvalue weighted by Gasteiger charge is 2.12. The Labute approximate surface area is 108 Å². The van der Waals surface area contributed by atoms with Crippen LogP contribution in [-0.2, 0) is 4.74 Å². The molecule has 0 saturated heterocycles. The Morgan fingerprint density at radius 2 is 2.12 bits per heavy atom. The van der Waals surface area contributed by atoms with E-state index in [1.807, 2.05) is 19.1 Å². The molecular weight excluding hydrogens is 236 g/mol. The van der Waals surface area contributed by atoms with E-state index in [4.69, 9.17) is 22.2 Å². The van der Waals surface area contributed by atoms with E-state index in [0.717, 1.165) is 29.0 Å². The number of nitrogens with one attached hydrogen (secondary N) is 1. The Bertz CT molecular complexity index is 357. The molecule has 96 valence electrons. The molecule has 1 rings (SSSR count). The van der Waals surface area contributed by atoms with E-state index in [1.54, 1.807) is 7.11 Å². The Hall–Kier alpha value is -0.610. The van der Waals surface area contributed by atoms with Crippen molar-refractivity contribution in [1.29, 1.82) is 0 Å². The summed E-state index contributed by atoms with van der Waals surface area (Å²) in [6, 6.07) is 6.16. The van der Waals surface area contributed by atoms with Gasteiger partial charge in [-0.1, -0.05) is 23.7 Å². The van der Waals surface area contributed by atoms with E-state index in [9.17, 15) is 0 Å². The molecule has 1 aromatic carbocycles. The average Bonchev–Trinajstić information content (AvgIpc) is 2.33. The zero-order chi connectivity index (χ0) is 12.8. The summed E-state index contributed by atoms with van der Waals surface area (Å²) >= 11 is 6.11. The van der Waals surface area contributed by atoms with Crippen molar-refractivity contribution in [2.75, 3.05) is 7.11 Å². The van der Waals surface area contributed by atoms with Crippen LogP contribution in [-0.4, -0.2) is 13.2 Å². The number of halogens is 1. The van der Waals surface area contributed by atoms with Gasteiger partial charge in [-0.15, -0.1) is 0 Å². The van der Waals surface area contributed by atoms with Gasteiger partial charge in [0, 0.05) is 18.2 Å². The second kappa shape index (κ2) is 6.97. The molecule has 0 amide bonds. The second-order valence-electron chi connectivity index (χ2n) is 4.35. The van der Waals surface area contributed by atoms with Gasteiger partial charge in [-0.2, -0.15) is 0 Å². The maximum Gasteiger partial charge on any atom is 0.0543 e. The van der Waals surface area contributed by atoms with Crippen LogP contribution < -0.4 is 11.3 Å². The standard InChI is InChI=1S/C13H21ClN2O/c1-9-4-6-11(8-12(9)14)13(16-15)7-5-10(2)17-3/h4,6,8,10,13,16H,5,7,15H2,1-3H3. The van der Waals surface area contributed by atoms with Crippen LogP contribution in [0, 0.1) is 6.92 Å². The van der Waals surface area contributed by atoms with Gasteiger partial charge in [0.2, 0.25) is 0 Å². The Morgan fingerprint density at radius 1 is 1.41 bits per heavy atom. The molecule has 0 heterocycles. The Kier molecular flexibility index (Phi) is 5.92. The molecular formula is C13H21ClN2O. The number of methoxy groups -OCH3 is 1. The predicted molar refractivity (Wildman–Crippen MR) is 72.0 cm³/mol. The number of rotatable bonds is 6. The van der Waals surface area contributed by atoms with Crippen LogP contribution in [0.25, 0.3) is 0 Å². The fourth-order valence-electron chi connectivity index (χ4n) is 1.69. The molecule has 2 unspecified atom stereocenters. The Morgan fingerprint density at radius 3 is 2.65 bits per heavy atom. The van der Waals surface area contributed by atoms with Gasteiger partial charge < -0.3 is 4.74 Å². The third-order valence-electron chi connectivity index (χ3n) is 3.06. The monoisotopic (exact) mass is 256 g/mol. The lowest BCUT2D eigenvalue weighted by Gasteiger charge is -2.19. The van der Waals surface area contributed by atoms with Crippen molar-refractivity contribution < 1.29 is 4.74 Å². The molecule has 3 nitrogen and oxygen atoms in total. The molecule has 4 heteroatoms. The molecule has 0 aliphatic heterocycles. The molecule has 0 fully saturated rings. The summed E-state index contributed by atoms with van der Waals surface area (Å²) in [4.78, 5) is 0. The molecule has 0 aliphatic rings. The summed E-state index contributed by atoms with van der Waals surface area (Å²) in [7, 11) is 1.72. The maximum atomic E-state index is 6.11. The third-order valence-corrected chi connectivity index (χ3v) is 3.47. The van der Waals surface area contributed by atoms with Crippen molar-refractivity contribution in [1.82, 2.24) is 5.43 Å². The molecule has 0 aromatic heterocycles. The summed E-state index contributed by atoms with van der Waals surface area (Å²) in [5.41, 5.74) is 5.03. The molecule has 1 aromatic rings. The van der Waals surface area contributed by atoms with Crippen LogP contribution in [0.3, 0.4) is 0 Å². The number of hydrazine groups is 1. The number of hydrogen-bond acceptors (Lipinski definition) is 3. The van der Waals surface area contributed by atoms with Gasteiger partial charge in [-0.25, -0.2) is 0 Å². The van der Waals surface area contributed by atoms with Crippen LogP contribution in [0.15, 0.2) is 18.2 Å². The summed E-state index contributed by atoms with van der Waals surface area (Å²) in [5, 5.41) is 0.780. The van der Waals surface area contributed by atoms with E-state index >= 15 is 0 Å². The van der Waals surface area contributed by atoms with E-state index < -0.39 is 0 Å². The number of hydrogen-bond donors (Lipinski definition) is 2. The van der Waals surface area contributed by atoms with Crippen molar-refractivity contribution >= 4 is 11.6 Å². The quantitative estimate of drug-likeness (QED) is 0.608. The van der Waals surface area contributed by atoms with Gasteiger partial charge in [0.15, 0.2) is 0 Å². The predicted octanol–water partition coefficient (Wildman–Crippen LogP) is 2.97. The zero-order valence-electron chi connectivity index (χ0n) is 10.7. The molecule has 0 saturated carbocycles. The normalized spacial score (nSPS) is 14.6. The van der Waals surface area contributed by atoms with Crippen LogP contribution >= 0.6 is 11.6 Å².